The zero-order valence-corrected chi connectivity index (χ0v) is 9.99. The molecule has 0 unspecified atom stereocenters. The molecule has 1 aliphatic heterocycles. The third-order valence-corrected chi connectivity index (χ3v) is 2.54. The Morgan fingerprint density at radius 3 is 2.50 bits per heavy atom. The molecule has 1 aliphatic rings. The molecule has 1 rings (SSSR count). The van der Waals surface area contributed by atoms with Crippen molar-refractivity contribution in [1.29, 1.82) is 0 Å². The van der Waals surface area contributed by atoms with Crippen molar-refractivity contribution in [2.75, 3.05) is 19.6 Å². The number of ether oxygens (including phenoxy) is 1. The molecule has 0 aromatic rings. The Hall–Kier alpha value is -1.26. The van der Waals surface area contributed by atoms with E-state index in [9.17, 15) is 9.59 Å². The summed E-state index contributed by atoms with van der Waals surface area (Å²) in [6.07, 6.45) is 1.69. The standard InChI is InChI=1S/C11H20N2O3/c1-9(2)5-6-12-10(14)16-11(15)13-7-3-4-8-13/h9H,3-8H2,1-2H3,(H,12,14). The van der Waals surface area contributed by atoms with Crippen molar-refractivity contribution in [1.82, 2.24) is 10.2 Å². The van der Waals surface area contributed by atoms with Gasteiger partial charge in [0.25, 0.3) is 0 Å². The maximum absolute atomic E-state index is 11.4. The summed E-state index contributed by atoms with van der Waals surface area (Å²) >= 11 is 0. The molecule has 92 valence electrons. The van der Waals surface area contributed by atoms with Crippen LogP contribution in [0, 0.1) is 5.92 Å². The summed E-state index contributed by atoms with van der Waals surface area (Å²) < 4.78 is 4.65. The molecule has 1 saturated heterocycles. The summed E-state index contributed by atoms with van der Waals surface area (Å²) in [7, 11) is 0. The fourth-order valence-corrected chi connectivity index (χ4v) is 1.54. The maximum Gasteiger partial charge on any atom is 0.418 e. The van der Waals surface area contributed by atoms with Gasteiger partial charge in [-0.1, -0.05) is 13.8 Å². The lowest BCUT2D eigenvalue weighted by atomic mass is 10.1. The first-order valence-corrected chi connectivity index (χ1v) is 5.84. The van der Waals surface area contributed by atoms with Gasteiger partial charge in [-0.25, -0.2) is 9.59 Å². The summed E-state index contributed by atoms with van der Waals surface area (Å²) in [4.78, 5) is 24.2. The second kappa shape index (κ2) is 6.35. The summed E-state index contributed by atoms with van der Waals surface area (Å²) in [5.74, 6) is 0.523. The van der Waals surface area contributed by atoms with Gasteiger partial charge < -0.3 is 15.0 Å². The number of nitrogens with one attached hydrogen (secondary N) is 1. The van der Waals surface area contributed by atoms with E-state index in [1.54, 1.807) is 4.90 Å². The minimum Gasteiger partial charge on any atom is -0.359 e. The molecular weight excluding hydrogens is 208 g/mol. The highest BCUT2D eigenvalue weighted by atomic mass is 16.6. The van der Waals surface area contributed by atoms with E-state index in [0.29, 0.717) is 25.6 Å². The van der Waals surface area contributed by atoms with Crippen LogP contribution < -0.4 is 5.32 Å². The molecular formula is C11H20N2O3. The minimum atomic E-state index is -0.641. The van der Waals surface area contributed by atoms with E-state index in [-0.39, 0.29) is 0 Å². The van der Waals surface area contributed by atoms with Gasteiger partial charge in [0.2, 0.25) is 0 Å². The van der Waals surface area contributed by atoms with Crippen molar-refractivity contribution in [2.24, 2.45) is 5.92 Å². The Morgan fingerprint density at radius 2 is 1.94 bits per heavy atom. The van der Waals surface area contributed by atoms with Crippen LogP contribution in [0.1, 0.15) is 33.1 Å². The van der Waals surface area contributed by atoms with E-state index in [1.807, 2.05) is 0 Å². The Kier molecular flexibility index (Phi) is 5.08. The number of amides is 2. The normalized spacial score (nSPS) is 15.3. The van der Waals surface area contributed by atoms with Gasteiger partial charge in [-0.15, -0.1) is 0 Å². The van der Waals surface area contributed by atoms with Crippen molar-refractivity contribution in [3.8, 4) is 0 Å². The molecule has 1 N–H and O–H groups in total. The van der Waals surface area contributed by atoms with Crippen LogP contribution in [-0.4, -0.2) is 36.7 Å². The van der Waals surface area contributed by atoms with Crippen molar-refractivity contribution in [3.63, 3.8) is 0 Å². The first kappa shape index (κ1) is 12.8. The lowest BCUT2D eigenvalue weighted by Gasteiger charge is -2.14. The molecule has 5 nitrogen and oxygen atoms in total. The third-order valence-electron chi connectivity index (χ3n) is 2.54. The van der Waals surface area contributed by atoms with Crippen molar-refractivity contribution in [2.45, 2.75) is 33.1 Å². The molecule has 0 spiro atoms. The summed E-state index contributed by atoms with van der Waals surface area (Å²) in [5.41, 5.74) is 0. The molecule has 5 heteroatoms. The molecule has 2 amide bonds. The first-order valence-electron chi connectivity index (χ1n) is 5.84. The van der Waals surface area contributed by atoms with Crippen LogP contribution in [0.15, 0.2) is 0 Å². The Morgan fingerprint density at radius 1 is 1.31 bits per heavy atom. The number of alkyl carbamates (subject to hydrolysis) is 1. The molecule has 0 aromatic carbocycles. The van der Waals surface area contributed by atoms with Crippen molar-refractivity contribution in [3.05, 3.63) is 0 Å². The van der Waals surface area contributed by atoms with Gasteiger partial charge >= 0.3 is 12.2 Å². The zero-order valence-electron chi connectivity index (χ0n) is 9.99. The van der Waals surface area contributed by atoms with Crippen molar-refractivity contribution < 1.29 is 14.3 Å². The van der Waals surface area contributed by atoms with Crippen LogP contribution >= 0.6 is 0 Å². The molecule has 0 bridgehead atoms. The molecule has 0 atom stereocenters. The molecule has 0 aliphatic carbocycles. The first-order chi connectivity index (χ1) is 7.59. The smallest absolute Gasteiger partial charge is 0.359 e. The number of carbonyl (C=O) groups is 2. The number of hydrogen-bond donors (Lipinski definition) is 1. The lowest BCUT2D eigenvalue weighted by molar-refractivity contribution is 0.124. The lowest BCUT2D eigenvalue weighted by Crippen LogP contribution is -2.35. The van der Waals surface area contributed by atoms with E-state index < -0.39 is 12.2 Å². The van der Waals surface area contributed by atoms with Crippen molar-refractivity contribution >= 4 is 12.2 Å². The van der Waals surface area contributed by atoms with E-state index >= 15 is 0 Å². The van der Waals surface area contributed by atoms with Crippen LogP contribution in [0.25, 0.3) is 0 Å². The summed E-state index contributed by atoms with van der Waals surface area (Å²) in [6, 6.07) is 0. The van der Waals surface area contributed by atoms with Gasteiger partial charge in [0.15, 0.2) is 0 Å². The van der Waals surface area contributed by atoms with Crippen LogP contribution in [0.4, 0.5) is 9.59 Å². The number of nitrogens with zero attached hydrogens (tertiary/aromatic N) is 1. The number of likely N-dealkylation sites (tertiary alicyclic amines) is 1. The van der Waals surface area contributed by atoms with E-state index in [1.165, 1.54) is 0 Å². The number of hydrogen-bond acceptors (Lipinski definition) is 3. The summed E-state index contributed by atoms with van der Waals surface area (Å²) in [6.45, 7) is 6.07. The molecule has 16 heavy (non-hydrogen) atoms. The van der Waals surface area contributed by atoms with Crippen LogP contribution in [0.3, 0.4) is 0 Å². The maximum atomic E-state index is 11.4. The highest BCUT2D eigenvalue weighted by molar-refractivity contribution is 5.83. The van der Waals surface area contributed by atoms with Crippen LogP contribution in [0.5, 0.6) is 0 Å². The highest BCUT2D eigenvalue weighted by Crippen LogP contribution is 2.08. The highest BCUT2D eigenvalue weighted by Gasteiger charge is 2.21. The number of rotatable bonds is 3. The molecule has 1 fully saturated rings. The third kappa shape index (κ3) is 4.51. The second-order valence-electron chi connectivity index (χ2n) is 4.46. The fraction of sp³-hybridized carbons (Fsp3) is 0.818. The van der Waals surface area contributed by atoms with Gasteiger partial charge in [-0.3, -0.25) is 0 Å². The second-order valence-corrected chi connectivity index (χ2v) is 4.46. The van der Waals surface area contributed by atoms with Gasteiger partial charge in [-0.05, 0) is 25.2 Å². The Bertz CT molecular complexity index is 248. The minimum absolute atomic E-state index is 0.523. The fourth-order valence-electron chi connectivity index (χ4n) is 1.54. The largest absolute Gasteiger partial charge is 0.418 e. The monoisotopic (exact) mass is 228 g/mol. The molecule has 0 radical (unpaired) electrons. The Balaban J connectivity index is 2.15. The predicted octanol–water partition coefficient (Wildman–Crippen LogP) is 1.97. The van der Waals surface area contributed by atoms with E-state index in [0.717, 1.165) is 19.3 Å². The topological polar surface area (TPSA) is 58.6 Å². The average Bonchev–Trinajstić information content (AvgIpc) is 2.69. The predicted molar refractivity (Wildman–Crippen MR) is 60.1 cm³/mol. The quantitative estimate of drug-likeness (QED) is 0.751. The van der Waals surface area contributed by atoms with Gasteiger partial charge in [-0.2, -0.15) is 0 Å². The SMILES string of the molecule is CC(C)CCNC(=O)OC(=O)N1CCCC1. The van der Waals surface area contributed by atoms with Crippen LogP contribution in [-0.2, 0) is 4.74 Å². The van der Waals surface area contributed by atoms with E-state index in [4.69, 9.17) is 0 Å². The van der Waals surface area contributed by atoms with Gasteiger partial charge in [0, 0.05) is 19.6 Å². The molecule has 1 heterocycles. The van der Waals surface area contributed by atoms with E-state index in [2.05, 4.69) is 23.9 Å². The molecule has 0 aromatic heterocycles. The number of carbonyl (C=O) groups excluding carboxylic acids is 2. The van der Waals surface area contributed by atoms with Crippen LogP contribution in [0.2, 0.25) is 0 Å². The Labute approximate surface area is 96.1 Å². The summed E-state index contributed by atoms with van der Waals surface area (Å²) in [5, 5.41) is 2.56. The van der Waals surface area contributed by atoms with Gasteiger partial charge in [0.05, 0.1) is 0 Å². The average molecular weight is 228 g/mol. The van der Waals surface area contributed by atoms with Gasteiger partial charge in [0.1, 0.15) is 0 Å². The molecule has 0 saturated carbocycles. The zero-order chi connectivity index (χ0) is 12.0.